The molecule has 1 aliphatic heterocycles. The molecular formula is C32H39ClN2O5S. The smallest absolute Gasteiger partial charge is 0.248 e. The van der Waals surface area contributed by atoms with E-state index in [0.29, 0.717) is 54.4 Å². The summed E-state index contributed by atoms with van der Waals surface area (Å²) in [6.45, 7) is 10.3. The molecule has 1 saturated carbocycles. The van der Waals surface area contributed by atoms with Crippen molar-refractivity contribution in [1.82, 2.24) is 0 Å². The predicted molar refractivity (Wildman–Crippen MR) is 164 cm³/mol. The molecule has 2 unspecified atom stereocenters. The van der Waals surface area contributed by atoms with Crippen LogP contribution in [0.25, 0.3) is 0 Å². The number of primary amides is 1. The van der Waals surface area contributed by atoms with Crippen molar-refractivity contribution >= 4 is 33.0 Å². The molecule has 3 N–H and O–H groups in total. The number of carbonyl (C=O) groups excluding carboxylic acids is 1. The number of nitrogens with zero attached hydrogens (tertiary/aromatic N) is 1. The largest absolute Gasteiger partial charge is 0.490 e. The zero-order valence-electron chi connectivity index (χ0n) is 23.5. The number of fused-ring (bicyclic) bond motifs is 3. The van der Waals surface area contributed by atoms with Crippen molar-refractivity contribution in [1.29, 1.82) is 0 Å². The molecule has 0 radical (unpaired) electrons. The molecule has 0 aromatic heterocycles. The normalized spacial score (nSPS) is 26.9. The van der Waals surface area contributed by atoms with Crippen LogP contribution in [0.3, 0.4) is 0 Å². The van der Waals surface area contributed by atoms with Crippen LogP contribution >= 0.6 is 11.6 Å². The molecular weight excluding hydrogens is 560 g/mol. The second kappa shape index (κ2) is 11.5. The lowest BCUT2D eigenvalue weighted by atomic mass is 9.68. The molecule has 2 aromatic rings. The summed E-state index contributed by atoms with van der Waals surface area (Å²) in [5.41, 5.74) is 7.74. The van der Waals surface area contributed by atoms with Gasteiger partial charge in [-0.1, -0.05) is 29.8 Å². The first-order valence-electron chi connectivity index (χ1n) is 14.3. The molecule has 220 valence electrons. The number of aryl methyl sites for hydroxylation is 1. The number of amides is 1. The number of benzene rings is 2. The Morgan fingerprint density at radius 3 is 2.68 bits per heavy atom. The summed E-state index contributed by atoms with van der Waals surface area (Å²) < 4.78 is 34.8. The Bertz CT molecular complexity index is 1460. The first-order valence-corrected chi connectivity index (χ1v) is 16.2. The number of ether oxygens (including phenoxy) is 1. The van der Waals surface area contributed by atoms with Crippen molar-refractivity contribution < 1.29 is 23.1 Å². The number of carbonyl (C=O) groups is 1. The number of nitrogens with two attached hydrogens (primary N) is 1. The maximum Gasteiger partial charge on any atom is 0.248 e. The SMILES string of the molecule is C=CC[C@H](O)[C@@H]1CC[C@H]1CN1CC2(COc3ccc(C(N)=O)cc31)c1ccc(Cl)cc1CCC2S(=O)(=O)[C@@H](C)C=C. The molecule has 0 bridgehead atoms. The molecule has 9 heteroatoms. The van der Waals surface area contributed by atoms with E-state index < -0.39 is 37.8 Å². The van der Waals surface area contributed by atoms with Gasteiger partial charge in [0.25, 0.3) is 0 Å². The summed E-state index contributed by atoms with van der Waals surface area (Å²) in [6.07, 6.45) is 6.13. The van der Waals surface area contributed by atoms with Crippen LogP contribution in [-0.2, 0) is 21.7 Å². The van der Waals surface area contributed by atoms with Crippen molar-refractivity contribution in [3.05, 3.63) is 83.4 Å². The van der Waals surface area contributed by atoms with E-state index in [2.05, 4.69) is 18.1 Å². The van der Waals surface area contributed by atoms with Gasteiger partial charge in [0.2, 0.25) is 5.91 Å². The van der Waals surface area contributed by atoms with Gasteiger partial charge in [-0.15, -0.1) is 13.2 Å². The minimum Gasteiger partial charge on any atom is -0.490 e. The number of aliphatic hydroxyl groups excluding tert-OH is 1. The van der Waals surface area contributed by atoms with Crippen LogP contribution in [0.2, 0.25) is 5.02 Å². The third-order valence-electron chi connectivity index (χ3n) is 9.52. The van der Waals surface area contributed by atoms with Crippen LogP contribution in [0.4, 0.5) is 5.69 Å². The fraction of sp³-hybridized carbons (Fsp3) is 0.469. The molecule has 7 nitrogen and oxygen atoms in total. The molecule has 1 heterocycles. The Kier molecular flexibility index (Phi) is 8.30. The molecule has 1 amide bonds. The van der Waals surface area contributed by atoms with Gasteiger partial charge < -0.3 is 20.5 Å². The maximum absolute atomic E-state index is 14.1. The Balaban J connectivity index is 1.65. The van der Waals surface area contributed by atoms with Gasteiger partial charge in [0, 0.05) is 23.7 Å². The summed E-state index contributed by atoms with van der Waals surface area (Å²) in [6, 6.07) is 10.8. The molecule has 6 atom stereocenters. The minimum atomic E-state index is -3.66. The van der Waals surface area contributed by atoms with Gasteiger partial charge in [-0.05, 0) is 92.3 Å². The quantitative estimate of drug-likeness (QED) is 0.400. The third-order valence-corrected chi connectivity index (χ3v) is 12.5. The highest BCUT2D eigenvalue weighted by molar-refractivity contribution is 7.92. The van der Waals surface area contributed by atoms with Crippen LogP contribution in [0, 0.1) is 11.8 Å². The molecule has 3 aliphatic rings. The predicted octanol–water partition coefficient (Wildman–Crippen LogP) is 4.84. The van der Waals surface area contributed by atoms with Crippen LogP contribution in [0.5, 0.6) is 5.75 Å². The molecule has 5 rings (SSSR count). The Morgan fingerprint density at radius 1 is 1.24 bits per heavy atom. The number of rotatable bonds is 9. The first-order chi connectivity index (χ1) is 19.5. The molecule has 0 saturated heterocycles. The van der Waals surface area contributed by atoms with Crippen molar-refractivity contribution in [2.45, 2.75) is 61.0 Å². The number of hydrogen-bond donors (Lipinski definition) is 2. The lowest BCUT2D eigenvalue weighted by molar-refractivity contribution is 0.0178. The van der Waals surface area contributed by atoms with Gasteiger partial charge in [-0.2, -0.15) is 0 Å². The second-order valence-corrected chi connectivity index (χ2v) is 14.8. The third kappa shape index (κ3) is 5.30. The molecule has 1 fully saturated rings. The summed E-state index contributed by atoms with van der Waals surface area (Å²) in [7, 11) is -3.66. The second-order valence-electron chi connectivity index (χ2n) is 11.8. The fourth-order valence-electron chi connectivity index (χ4n) is 7.06. The molecule has 2 aliphatic carbocycles. The van der Waals surface area contributed by atoms with Gasteiger partial charge in [-0.3, -0.25) is 4.79 Å². The van der Waals surface area contributed by atoms with Gasteiger partial charge >= 0.3 is 0 Å². The summed E-state index contributed by atoms with van der Waals surface area (Å²) in [5, 5.41) is 9.94. The highest BCUT2D eigenvalue weighted by Crippen LogP contribution is 2.49. The zero-order valence-corrected chi connectivity index (χ0v) is 25.0. The Hall–Kier alpha value is -2.81. The highest BCUT2D eigenvalue weighted by Gasteiger charge is 2.54. The summed E-state index contributed by atoms with van der Waals surface area (Å²) in [4.78, 5) is 14.3. The van der Waals surface area contributed by atoms with Gasteiger partial charge in [0.1, 0.15) is 12.4 Å². The van der Waals surface area contributed by atoms with Crippen LogP contribution in [-0.4, -0.2) is 55.7 Å². The van der Waals surface area contributed by atoms with Crippen molar-refractivity contribution in [3.63, 3.8) is 0 Å². The van der Waals surface area contributed by atoms with E-state index in [0.717, 1.165) is 24.0 Å². The monoisotopic (exact) mass is 598 g/mol. The van der Waals surface area contributed by atoms with Crippen LogP contribution in [0.15, 0.2) is 61.7 Å². The van der Waals surface area contributed by atoms with Gasteiger partial charge in [0.15, 0.2) is 9.84 Å². The first kappa shape index (κ1) is 29.7. The average molecular weight is 599 g/mol. The zero-order chi connectivity index (χ0) is 29.5. The number of halogens is 1. The van der Waals surface area contributed by atoms with Crippen LogP contribution < -0.4 is 15.4 Å². The summed E-state index contributed by atoms with van der Waals surface area (Å²) >= 11 is 6.40. The van der Waals surface area contributed by atoms with E-state index in [1.807, 2.05) is 18.2 Å². The number of sulfone groups is 1. The van der Waals surface area contributed by atoms with Crippen molar-refractivity contribution in [3.8, 4) is 5.75 Å². The maximum atomic E-state index is 14.1. The van der Waals surface area contributed by atoms with E-state index in [1.165, 1.54) is 6.08 Å². The molecule has 1 spiro atoms. The Labute approximate surface area is 247 Å². The van der Waals surface area contributed by atoms with E-state index >= 15 is 0 Å². The van der Waals surface area contributed by atoms with E-state index in [1.54, 1.807) is 31.2 Å². The van der Waals surface area contributed by atoms with Crippen molar-refractivity contribution in [2.75, 3.05) is 24.6 Å². The van der Waals surface area contributed by atoms with Gasteiger partial charge in [0.05, 0.1) is 27.7 Å². The van der Waals surface area contributed by atoms with E-state index in [4.69, 9.17) is 22.1 Å². The summed E-state index contributed by atoms with van der Waals surface area (Å²) in [5.74, 6) is 0.310. The van der Waals surface area contributed by atoms with Crippen molar-refractivity contribution in [2.24, 2.45) is 17.6 Å². The number of aliphatic hydroxyl groups is 1. The van der Waals surface area contributed by atoms with Gasteiger partial charge in [-0.25, -0.2) is 8.42 Å². The lowest BCUT2D eigenvalue weighted by Gasteiger charge is -2.48. The number of hydrogen-bond acceptors (Lipinski definition) is 6. The van der Waals surface area contributed by atoms with Crippen LogP contribution in [0.1, 0.15) is 54.1 Å². The molecule has 2 aromatic carbocycles. The topological polar surface area (TPSA) is 110 Å². The highest BCUT2D eigenvalue weighted by atomic mass is 35.5. The molecule has 41 heavy (non-hydrogen) atoms. The number of anilines is 1. The van der Waals surface area contributed by atoms with E-state index in [-0.39, 0.29) is 18.4 Å². The Morgan fingerprint density at radius 2 is 2.02 bits per heavy atom. The minimum absolute atomic E-state index is 0.105. The van der Waals surface area contributed by atoms with E-state index in [9.17, 15) is 18.3 Å². The average Bonchev–Trinajstić information content (AvgIpc) is 3.07. The lowest BCUT2D eigenvalue weighted by Crippen LogP contribution is -2.58. The fourth-order valence-corrected chi connectivity index (χ4v) is 9.38. The standard InChI is InChI=1S/C32H39ClN2O5S/c1-4-6-28(36)25-11-7-23(25)17-35-18-32(19-40-29-13-8-22(31(34)37)16-27(29)35)26-12-10-24(33)15-21(26)9-14-30(32)41(38,39)20(3)5-2/h4-5,8,10,12-13,15-16,20,23,25,28,30,36H,1-2,6-7,9,11,14,17-19H2,3H3,(H2,34,37)/t20-,23-,25+,28-,30?,32?/m0/s1.